The molecule has 1 heterocycles. The molecule has 0 spiro atoms. The smallest absolute Gasteiger partial charge is 0.246 e. The molecule has 2 N–H and O–H groups in total. The third kappa shape index (κ3) is 2.99. The van der Waals surface area contributed by atoms with Crippen molar-refractivity contribution in [3.8, 4) is 11.8 Å². The highest BCUT2D eigenvalue weighted by Gasteiger charge is 2.43. The number of nitriles is 1. The standard InChI is InChI=1S/C15H18N2O4/c1-15(2)14(19)13(17-12(18)8-20-3)10-6-9(7-16)4-5-11(10)21-15/h4-6,13-14,19H,8H2,1-3H3,(H,17,18)/t13-,14+/m0/s1. The number of ether oxygens (including phenoxy) is 2. The van der Waals surface area contributed by atoms with Crippen molar-refractivity contribution in [2.75, 3.05) is 13.7 Å². The highest BCUT2D eigenvalue weighted by Crippen LogP contribution is 2.40. The number of hydrogen-bond acceptors (Lipinski definition) is 5. The fraction of sp³-hybridized carbons (Fsp3) is 0.467. The zero-order valence-electron chi connectivity index (χ0n) is 12.2. The van der Waals surface area contributed by atoms with Crippen LogP contribution < -0.4 is 10.1 Å². The number of nitrogens with zero attached hydrogens (tertiary/aromatic N) is 1. The molecule has 1 amide bonds. The van der Waals surface area contributed by atoms with Gasteiger partial charge in [0.25, 0.3) is 0 Å². The SMILES string of the molecule is COCC(=O)N[C@H]1c2cc(C#N)ccc2OC(C)(C)[C@@H]1O. The summed E-state index contributed by atoms with van der Waals surface area (Å²) >= 11 is 0. The zero-order chi connectivity index (χ0) is 15.6. The highest BCUT2D eigenvalue weighted by atomic mass is 16.5. The number of benzene rings is 1. The molecule has 0 saturated heterocycles. The summed E-state index contributed by atoms with van der Waals surface area (Å²) in [5.74, 6) is 0.208. The van der Waals surface area contributed by atoms with Crippen LogP contribution in [0, 0.1) is 11.3 Å². The molecular formula is C15H18N2O4. The summed E-state index contributed by atoms with van der Waals surface area (Å²) in [5.41, 5.74) is 0.173. The molecule has 112 valence electrons. The predicted octanol–water partition coefficient (Wildman–Crippen LogP) is 0.894. The molecular weight excluding hydrogens is 272 g/mol. The summed E-state index contributed by atoms with van der Waals surface area (Å²) in [4.78, 5) is 11.8. The van der Waals surface area contributed by atoms with E-state index in [0.717, 1.165) is 0 Å². The molecule has 1 aliphatic heterocycles. The summed E-state index contributed by atoms with van der Waals surface area (Å²) in [5, 5.41) is 22.2. The highest BCUT2D eigenvalue weighted by molar-refractivity contribution is 5.78. The minimum Gasteiger partial charge on any atom is -0.485 e. The maximum absolute atomic E-state index is 11.8. The van der Waals surface area contributed by atoms with E-state index < -0.39 is 17.7 Å². The summed E-state index contributed by atoms with van der Waals surface area (Å²) in [6.07, 6.45) is -0.945. The fourth-order valence-corrected chi connectivity index (χ4v) is 2.37. The van der Waals surface area contributed by atoms with Crippen molar-refractivity contribution in [2.45, 2.75) is 31.6 Å². The van der Waals surface area contributed by atoms with Gasteiger partial charge in [0.05, 0.1) is 17.7 Å². The van der Waals surface area contributed by atoms with Crippen LogP contribution in [-0.4, -0.2) is 36.4 Å². The number of fused-ring (bicyclic) bond motifs is 1. The Kier molecular flexibility index (Phi) is 4.16. The zero-order valence-corrected chi connectivity index (χ0v) is 12.2. The lowest BCUT2D eigenvalue weighted by atomic mass is 9.86. The van der Waals surface area contributed by atoms with Gasteiger partial charge in [0.1, 0.15) is 24.1 Å². The van der Waals surface area contributed by atoms with E-state index >= 15 is 0 Å². The Hall–Kier alpha value is -2.10. The van der Waals surface area contributed by atoms with Gasteiger partial charge in [-0.1, -0.05) is 0 Å². The van der Waals surface area contributed by atoms with Crippen LogP contribution in [0.4, 0.5) is 0 Å². The van der Waals surface area contributed by atoms with Crippen LogP contribution in [-0.2, 0) is 9.53 Å². The van der Waals surface area contributed by atoms with Gasteiger partial charge in [-0.25, -0.2) is 0 Å². The van der Waals surface area contributed by atoms with Gasteiger partial charge in [0, 0.05) is 12.7 Å². The summed E-state index contributed by atoms with van der Waals surface area (Å²) in [7, 11) is 1.42. The Morgan fingerprint density at radius 1 is 1.57 bits per heavy atom. The lowest BCUT2D eigenvalue weighted by Gasteiger charge is -2.42. The van der Waals surface area contributed by atoms with E-state index in [1.807, 2.05) is 6.07 Å². The van der Waals surface area contributed by atoms with E-state index in [-0.39, 0.29) is 12.5 Å². The van der Waals surface area contributed by atoms with Gasteiger partial charge in [-0.2, -0.15) is 5.26 Å². The van der Waals surface area contributed by atoms with E-state index in [0.29, 0.717) is 16.9 Å². The molecule has 1 aromatic carbocycles. The molecule has 1 aromatic rings. The van der Waals surface area contributed by atoms with Crippen LogP contribution in [0.15, 0.2) is 18.2 Å². The van der Waals surface area contributed by atoms with E-state index in [9.17, 15) is 9.90 Å². The molecule has 21 heavy (non-hydrogen) atoms. The molecule has 0 fully saturated rings. The average molecular weight is 290 g/mol. The topological polar surface area (TPSA) is 91.6 Å². The van der Waals surface area contributed by atoms with Crippen LogP contribution in [0.5, 0.6) is 5.75 Å². The van der Waals surface area contributed by atoms with Gasteiger partial charge < -0.3 is 19.9 Å². The lowest BCUT2D eigenvalue weighted by molar-refractivity contribution is -0.129. The first-order valence-electron chi connectivity index (χ1n) is 6.58. The third-order valence-corrected chi connectivity index (χ3v) is 3.47. The second-order valence-electron chi connectivity index (χ2n) is 5.49. The Labute approximate surface area is 123 Å². The number of nitrogens with one attached hydrogen (secondary N) is 1. The van der Waals surface area contributed by atoms with Crippen molar-refractivity contribution in [1.29, 1.82) is 5.26 Å². The van der Waals surface area contributed by atoms with E-state index in [4.69, 9.17) is 14.7 Å². The molecule has 0 saturated carbocycles. The third-order valence-electron chi connectivity index (χ3n) is 3.47. The second-order valence-corrected chi connectivity index (χ2v) is 5.49. The van der Waals surface area contributed by atoms with Crippen molar-refractivity contribution in [3.05, 3.63) is 29.3 Å². The number of carbonyl (C=O) groups is 1. The minimum atomic E-state index is -0.945. The first kappa shape index (κ1) is 15.3. The Morgan fingerprint density at radius 2 is 2.29 bits per heavy atom. The van der Waals surface area contributed by atoms with Crippen LogP contribution in [0.3, 0.4) is 0 Å². The lowest BCUT2D eigenvalue weighted by Crippen LogP contribution is -2.53. The molecule has 0 radical (unpaired) electrons. The van der Waals surface area contributed by atoms with Crippen molar-refractivity contribution in [1.82, 2.24) is 5.32 Å². The number of carbonyl (C=O) groups excluding carboxylic acids is 1. The van der Waals surface area contributed by atoms with Crippen molar-refractivity contribution in [2.24, 2.45) is 0 Å². The van der Waals surface area contributed by atoms with E-state index in [2.05, 4.69) is 5.32 Å². The van der Waals surface area contributed by atoms with Crippen LogP contribution in [0.25, 0.3) is 0 Å². The molecule has 0 aliphatic carbocycles. The summed E-state index contributed by atoms with van der Waals surface area (Å²) < 4.78 is 10.5. The van der Waals surface area contributed by atoms with Gasteiger partial charge >= 0.3 is 0 Å². The number of aliphatic hydroxyl groups excluding tert-OH is 1. The molecule has 6 heteroatoms. The van der Waals surface area contributed by atoms with E-state index in [1.54, 1.807) is 32.0 Å². The number of amides is 1. The maximum Gasteiger partial charge on any atom is 0.246 e. The summed E-state index contributed by atoms with van der Waals surface area (Å²) in [6, 6.07) is 6.32. The Balaban J connectivity index is 2.42. The number of methoxy groups -OCH3 is 1. The fourth-order valence-electron chi connectivity index (χ4n) is 2.37. The van der Waals surface area contributed by atoms with Gasteiger partial charge in [0.15, 0.2) is 0 Å². The van der Waals surface area contributed by atoms with Gasteiger partial charge in [0.2, 0.25) is 5.91 Å². The van der Waals surface area contributed by atoms with Crippen LogP contribution in [0.2, 0.25) is 0 Å². The molecule has 0 bridgehead atoms. The Bertz CT molecular complexity index is 592. The largest absolute Gasteiger partial charge is 0.485 e. The van der Waals surface area contributed by atoms with Crippen molar-refractivity contribution in [3.63, 3.8) is 0 Å². The number of hydrogen-bond donors (Lipinski definition) is 2. The predicted molar refractivity (Wildman–Crippen MR) is 74.6 cm³/mol. The first-order chi connectivity index (χ1) is 9.89. The van der Waals surface area contributed by atoms with Crippen LogP contribution >= 0.6 is 0 Å². The number of aliphatic hydroxyl groups is 1. The Morgan fingerprint density at radius 3 is 2.90 bits per heavy atom. The molecule has 6 nitrogen and oxygen atoms in total. The van der Waals surface area contributed by atoms with Gasteiger partial charge in [-0.3, -0.25) is 4.79 Å². The molecule has 2 rings (SSSR count). The van der Waals surface area contributed by atoms with Crippen molar-refractivity contribution < 1.29 is 19.4 Å². The van der Waals surface area contributed by atoms with Gasteiger partial charge in [-0.15, -0.1) is 0 Å². The normalized spacial score (nSPS) is 22.6. The second kappa shape index (κ2) is 5.72. The molecule has 0 aromatic heterocycles. The van der Waals surface area contributed by atoms with Crippen LogP contribution in [0.1, 0.15) is 31.0 Å². The monoisotopic (exact) mass is 290 g/mol. The summed E-state index contributed by atoms with van der Waals surface area (Å²) in [6.45, 7) is 3.39. The molecule has 0 unspecified atom stereocenters. The molecule has 2 atom stereocenters. The first-order valence-corrected chi connectivity index (χ1v) is 6.58. The maximum atomic E-state index is 11.8. The number of rotatable bonds is 3. The van der Waals surface area contributed by atoms with Gasteiger partial charge in [-0.05, 0) is 32.0 Å². The van der Waals surface area contributed by atoms with E-state index in [1.165, 1.54) is 7.11 Å². The average Bonchev–Trinajstić information content (AvgIpc) is 2.43. The van der Waals surface area contributed by atoms with Crippen molar-refractivity contribution >= 4 is 5.91 Å². The molecule has 1 aliphatic rings. The quantitative estimate of drug-likeness (QED) is 0.862. The minimum absolute atomic E-state index is 0.0994.